The van der Waals surface area contributed by atoms with Crippen LogP contribution in [0.2, 0.25) is 0 Å². The SMILES string of the molecule is CC[C@]1(C)Cc2c(sc3c2c(=O)n(C)c2nnc(SCC(=O)c4ccccc4)n32)CO1. The van der Waals surface area contributed by atoms with Crippen molar-refractivity contribution in [2.45, 2.75) is 44.1 Å². The van der Waals surface area contributed by atoms with E-state index in [0.717, 1.165) is 21.7 Å². The number of fused-ring (bicyclic) bond motifs is 5. The first-order valence-corrected chi connectivity index (χ1v) is 12.0. The molecule has 0 spiro atoms. The lowest BCUT2D eigenvalue weighted by Gasteiger charge is -2.32. The van der Waals surface area contributed by atoms with E-state index in [9.17, 15) is 9.59 Å². The minimum absolute atomic E-state index is 0.0287. The number of hydrogen-bond donors (Lipinski definition) is 0. The second-order valence-electron chi connectivity index (χ2n) is 8.01. The molecule has 0 unspecified atom stereocenters. The van der Waals surface area contributed by atoms with Gasteiger partial charge in [-0.3, -0.25) is 14.2 Å². The Hall–Kier alpha value is -2.49. The molecule has 0 saturated carbocycles. The van der Waals surface area contributed by atoms with Crippen molar-refractivity contribution < 1.29 is 9.53 Å². The van der Waals surface area contributed by atoms with Crippen molar-refractivity contribution in [2.75, 3.05) is 5.75 Å². The van der Waals surface area contributed by atoms with E-state index in [1.54, 1.807) is 23.0 Å². The Labute approximate surface area is 187 Å². The molecule has 7 nitrogen and oxygen atoms in total. The molecule has 0 amide bonds. The van der Waals surface area contributed by atoms with Gasteiger partial charge in [-0.2, -0.15) is 0 Å². The van der Waals surface area contributed by atoms with Crippen LogP contribution in [0.25, 0.3) is 16.0 Å². The van der Waals surface area contributed by atoms with Crippen LogP contribution in [-0.4, -0.2) is 36.3 Å². The summed E-state index contributed by atoms with van der Waals surface area (Å²) in [6.45, 7) is 4.70. The van der Waals surface area contributed by atoms with E-state index >= 15 is 0 Å². The molecule has 0 bridgehead atoms. The first kappa shape index (κ1) is 20.4. The van der Waals surface area contributed by atoms with Gasteiger partial charge in [0.2, 0.25) is 5.78 Å². The molecule has 31 heavy (non-hydrogen) atoms. The molecule has 0 saturated heterocycles. The fraction of sp³-hybridized carbons (Fsp3) is 0.364. The predicted octanol–water partition coefficient (Wildman–Crippen LogP) is 3.86. The normalized spacial score (nSPS) is 18.5. The summed E-state index contributed by atoms with van der Waals surface area (Å²) in [4.78, 5) is 27.7. The number of aryl methyl sites for hydroxylation is 1. The summed E-state index contributed by atoms with van der Waals surface area (Å²) < 4.78 is 9.56. The summed E-state index contributed by atoms with van der Waals surface area (Å²) in [7, 11) is 1.72. The van der Waals surface area contributed by atoms with Crippen molar-refractivity contribution >= 4 is 44.9 Å². The van der Waals surface area contributed by atoms with Gasteiger partial charge in [-0.05, 0) is 18.9 Å². The van der Waals surface area contributed by atoms with Gasteiger partial charge in [-0.15, -0.1) is 21.5 Å². The van der Waals surface area contributed by atoms with E-state index in [2.05, 4.69) is 24.0 Å². The molecule has 4 aromatic rings. The summed E-state index contributed by atoms with van der Waals surface area (Å²) in [6.07, 6.45) is 1.58. The van der Waals surface area contributed by atoms with Gasteiger partial charge in [0.05, 0.1) is 23.3 Å². The van der Waals surface area contributed by atoms with E-state index in [1.807, 2.05) is 34.7 Å². The minimum atomic E-state index is -0.270. The lowest BCUT2D eigenvalue weighted by molar-refractivity contribution is -0.0543. The van der Waals surface area contributed by atoms with E-state index in [4.69, 9.17) is 4.74 Å². The van der Waals surface area contributed by atoms with Crippen LogP contribution < -0.4 is 5.56 Å². The Morgan fingerprint density at radius 1 is 1.29 bits per heavy atom. The number of nitrogens with zero attached hydrogens (tertiary/aromatic N) is 4. The van der Waals surface area contributed by atoms with Crippen LogP contribution in [0.1, 0.15) is 41.1 Å². The van der Waals surface area contributed by atoms with E-state index in [-0.39, 0.29) is 22.7 Å². The Morgan fingerprint density at radius 2 is 2.06 bits per heavy atom. The number of Topliss-reactive ketones (excluding diaryl/α,β-unsaturated/α-hetero) is 1. The van der Waals surface area contributed by atoms with E-state index in [1.165, 1.54) is 11.8 Å². The Morgan fingerprint density at radius 3 is 2.81 bits per heavy atom. The van der Waals surface area contributed by atoms with Crippen LogP contribution >= 0.6 is 23.1 Å². The summed E-state index contributed by atoms with van der Waals surface area (Å²) in [5.41, 5.74) is 1.41. The van der Waals surface area contributed by atoms with Crippen molar-refractivity contribution in [2.24, 2.45) is 7.05 Å². The van der Waals surface area contributed by atoms with Gasteiger partial charge in [-0.25, -0.2) is 4.40 Å². The highest BCUT2D eigenvalue weighted by Crippen LogP contribution is 2.39. The maximum Gasteiger partial charge on any atom is 0.263 e. The molecular formula is C22H22N4O3S2. The zero-order valence-electron chi connectivity index (χ0n) is 17.5. The molecule has 1 atom stereocenters. The van der Waals surface area contributed by atoms with Gasteiger partial charge in [0.25, 0.3) is 5.56 Å². The average molecular weight is 455 g/mol. The van der Waals surface area contributed by atoms with Gasteiger partial charge >= 0.3 is 0 Å². The van der Waals surface area contributed by atoms with Gasteiger partial charge in [-0.1, -0.05) is 49.0 Å². The number of benzene rings is 1. The third-order valence-corrected chi connectivity index (χ3v) is 8.11. The first-order valence-electron chi connectivity index (χ1n) is 10.2. The van der Waals surface area contributed by atoms with Gasteiger partial charge in [0.15, 0.2) is 10.9 Å². The van der Waals surface area contributed by atoms with Crippen molar-refractivity contribution in [3.8, 4) is 0 Å². The molecular weight excluding hydrogens is 432 g/mol. The van der Waals surface area contributed by atoms with Crippen molar-refractivity contribution in [3.63, 3.8) is 0 Å². The first-order chi connectivity index (χ1) is 14.9. The van der Waals surface area contributed by atoms with Crippen molar-refractivity contribution in [1.82, 2.24) is 19.2 Å². The molecule has 0 aliphatic carbocycles. The number of aromatic nitrogens is 4. The number of hydrogen-bond acceptors (Lipinski definition) is 7. The summed E-state index contributed by atoms with van der Waals surface area (Å²) >= 11 is 2.90. The predicted molar refractivity (Wildman–Crippen MR) is 122 cm³/mol. The molecule has 1 aliphatic heterocycles. The molecule has 0 fully saturated rings. The fourth-order valence-electron chi connectivity index (χ4n) is 3.92. The summed E-state index contributed by atoms with van der Waals surface area (Å²) in [6, 6.07) is 9.21. The smallest absolute Gasteiger partial charge is 0.263 e. The fourth-order valence-corrected chi connectivity index (χ4v) is 6.02. The topological polar surface area (TPSA) is 78.5 Å². The van der Waals surface area contributed by atoms with Crippen molar-refractivity contribution in [3.05, 3.63) is 56.7 Å². The second kappa shape index (κ2) is 7.58. The number of carbonyl (C=O) groups excluding carboxylic acids is 1. The molecule has 4 heterocycles. The molecule has 0 radical (unpaired) electrons. The quantitative estimate of drug-likeness (QED) is 0.337. The Kier molecular flexibility index (Phi) is 4.99. The maximum absolute atomic E-state index is 13.2. The number of carbonyl (C=O) groups is 1. The van der Waals surface area contributed by atoms with E-state index < -0.39 is 0 Å². The zero-order valence-corrected chi connectivity index (χ0v) is 19.2. The molecule has 5 rings (SSSR count). The van der Waals surface area contributed by atoms with Crippen LogP contribution in [0.4, 0.5) is 0 Å². The number of thiophene rings is 1. The summed E-state index contributed by atoms with van der Waals surface area (Å²) in [5.74, 6) is 0.753. The van der Waals surface area contributed by atoms with Crippen LogP contribution in [0, 0.1) is 0 Å². The largest absolute Gasteiger partial charge is 0.369 e. The molecule has 3 aromatic heterocycles. The number of ketones is 1. The monoisotopic (exact) mass is 454 g/mol. The standard InChI is InChI=1S/C22H22N4O3S2/c1-4-22(2)10-14-16(11-29-22)31-19-17(14)18(28)25(3)20-23-24-21(26(19)20)30-12-15(27)13-8-6-5-7-9-13/h5-9H,4,10-12H2,1-3H3/t22-/m1/s1. The lowest BCUT2D eigenvalue weighted by Crippen LogP contribution is -2.34. The molecule has 1 aromatic carbocycles. The van der Waals surface area contributed by atoms with E-state index in [0.29, 0.717) is 34.9 Å². The van der Waals surface area contributed by atoms with Crippen molar-refractivity contribution in [1.29, 1.82) is 0 Å². The third kappa shape index (κ3) is 3.31. The second-order valence-corrected chi connectivity index (χ2v) is 10.0. The Balaban J connectivity index is 1.61. The van der Waals surface area contributed by atoms with Crippen LogP contribution in [0.3, 0.4) is 0 Å². The minimum Gasteiger partial charge on any atom is -0.369 e. The highest BCUT2D eigenvalue weighted by molar-refractivity contribution is 7.99. The number of thioether (sulfide) groups is 1. The molecule has 9 heteroatoms. The third-order valence-electron chi connectivity index (χ3n) is 5.99. The molecule has 0 N–H and O–H groups in total. The van der Waals surface area contributed by atoms with Gasteiger partial charge < -0.3 is 4.74 Å². The number of ether oxygens (including phenoxy) is 1. The van der Waals surface area contributed by atoms with Gasteiger partial charge in [0.1, 0.15) is 4.83 Å². The zero-order chi connectivity index (χ0) is 21.8. The lowest BCUT2D eigenvalue weighted by atomic mass is 9.90. The molecule has 1 aliphatic rings. The highest BCUT2D eigenvalue weighted by Gasteiger charge is 2.34. The average Bonchev–Trinajstić information content (AvgIpc) is 3.37. The van der Waals surface area contributed by atoms with Crippen LogP contribution in [-0.2, 0) is 24.8 Å². The maximum atomic E-state index is 13.2. The van der Waals surface area contributed by atoms with Gasteiger partial charge in [0, 0.05) is 23.9 Å². The summed E-state index contributed by atoms with van der Waals surface area (Å²) in [5, 5.41) is 9.88. The van der Waals surface area contributed by atoms with Crippen LogP contribution in [0.5, 0.6) is 0 Å². The molecule has 160 valence electrons. The number of rotatable bonds is 5. The highest BCUT2D eigenvalue weighted by atomic mass is 32.2. The Bertz CT molecular complexity index is 1370. The van der Waals surface area contributed by atoms with Crippen LogP contribution in [0.15, 0.2) is 40.3 Å².